The molecule has 0 fully saturated rings. The molecule has 7 aromatic rings. The Morgan fingerprint density at radius 2 is 0.952 bits per heavy atom. The molecule has 202 valence electrons. The molecular formula is C39H31N3. The van der Waals surface area contributed by atoms with Gasteiger partial charge < -0.3 is 10.6 Å². The summed E-state index contributed by atoms with van der Waals surface area (Å²) >= 11 is 0. The van der Waals surface area contributed by atoms with Crippen molar-refractivity contribution in [3.05, 3.63) is 140 Å². The van der Waals surface area contributed by atoms with E-state index in [1.54, 1.807) is 0 Å². The van der Waals surface area contributed by atoms with Crippen LogP contribution in [0.25, 0.3) is 66.3 Å². The van der Waals surface area contributed by atoms with Gasteiger partial charge in [-0.05, 0) is 86.3 Å². The van der Waals surface area contributed by atoms with E-state index in [1.165, 1.54) is 32.7 Å². The van der Waals surface area contributed by atoms with Gasteiger partial charge in [0.15, 0.2) is 0 Å². The molecule has 0 saturated carbocycles. The molecule has 6 aromatic carbocycles. The van der Waals surface area contributed by atoms with Gasteiger partial charge in [0.2, 0.25) is 0 Å². The number of pyridine rings is 1. The van der Waals surface area contributed by atoms with Gasteiger partial charge >= 0.3 is 0 Å². The molecule has 0 atom stereocenters. The number of nitrogens with zero attached hydrogens (tertiary/aromatic N) is 1. The summed E-state index contributed by atoms with van der Waals surface area (Å²) in [6.45, 7) is 0. The van der Waals surface area contributed by atoms with Crippen LogP contribution in [0.2, 0.25) is 0 Å². The summed E-state index contributed by atoms with van der Waals surface area (Å²) in [5, 5.41) is 11.6. The molecule has 0 saturated heterocycles. The molecule has 7 rings (SSSR count). The molecule has 0 amide bonds. The van der Waals surface area contributed by atoms with E-state index < -0.39 is 0 Å². The second-order valence-electron chi connectivity index (χ2n) is 10.6. The zero-order valence-electron chi connectivity index (χ0n) is 23.7. The molecule has 0 aliphatic rings. The van der Waals surface area contributed by atoms with Crippen LogP contribution in [0.15, 0.2) is 140 Å². The summed E-state index contributed by atoms with van der Waals surface area (Å²) in [5.74, 6) is 0. The van der Waals surface area contributed by atoms with Gasteiger partial charge in [0, 0.05) is 36.6 Å². The number of benzene rings is 6. The van der Waals surface area contributed by atoms with Crippen molar-refractivity contribution in [3.63, 3.8) is 0 Å². The average molecular weight is 542 g/mol. The first-order valence-corrected chi connectivity index (χ1v) is 14.3. The second kappa shape index (κ2) is 10.9. The summed E-state index contributed by atoms with van der Waals surface area (Å²) < 4.78 is 0. The van der Waals surface area contributed by atoms with Gasteiger partial charge in [-0.3, -0.25) is 0 Å². The first kappa shape index (κ1) is 25.6. The second-order valence-corrected chi connectivity index (χ2v) is 10.6. The molecule has 3 heteroatoms. The fourth-order valence-electron chi connectivity index (χ4n) is 5.80. The molecule has 0 unspecified atom stereocenters. The van der Waals surface area contributed by atoms with Crippen LogP contribution in [0.5, 0.6) is 0 Å². The van der Waals surface area contributed by atoms with Crippen LogP contribution in [0.3, 0.4) is 0 Å². The average Bonchev–Trinajstić information content (AvgIpc) is 3.08. The maximum absolute atomic E-state index is 5.12. The van der Waals surface area contributed by atoms with E-state index in [2.05, 4.69) is 150 Å². The Bertz CT molecular complexity index is 1990. The number of hydrogen-bond donors (Lipinski definition) is 2. The summed E-state index contributed by atoms with van der Waals surface area (Å²) in [5.41, 5.74) is 10.9. The maximum Gasteiger partial charge on any atom is 0.0716 e. The van der Waals surface area contributed by atoms with Gasteiger partial charge in [-0.25, -0.2) is 4.98 Å². The third-order valence-corrected chi connectivity index (χ3v) is 8.02. The number of anilines is 2. The molecule has 42 heavy (non-hydrogen) atoms. The van der Waals surface area contributed by atoms with Gasteiger partial charge in [-0.1, -0.05) is 97.1 Å². The van der Waals surface area contributed by atoms with Crippen molar-refractivity contribution in [1.29, 1.82) is 0 Å². The van der Waals surface area contributed by atoms with E-state index >= 15 is 0 Å². The molecule has 1 aromatic heterocycles. The minimum atomic E-state index is 0.944. The summed E-state index contributed by atoms with van der Waals surface area (Å²) in [6.07, 6.45) is 0. The van der Waals surface area contributed by atoms with Crippen molar-refractivity contribution < 1.29 is 0 Å². The lowest BCUT2D eigenvalue weighted by molar-refractivity contribution is 1.32. The van der Waals surface area contributed by atoms with Gasteiger partial charge in [-0.15, -0.1) is 0 Å². The molecule has 0 bridgehead atoms. The van der Waals surface area contributed by atoms with Crippen molar-refractivity contribution in [2.24, 2.45) is 0 Å². The predicted octanol–water partition coefficient (Wildman–Crippen LogP) is 10.1. The standard InChI is InChI=1S/C39H31N3/c1-40-32-12-7-10-29(21-32)38-24-31(25-39(42-38)30-11-8-13-33(22-30)41-2)26-17-19-27(20-18-26)37-23-28-9-3-4-14-34(28)35-15-5-6-16-36(35)37/h3-25,40-41H,1-2H3. The Balaban J connectivity index is 1.35. The van der Waals surface area contributed by atoms with Crippen molar-refractivity contribution in [1.82, 2.24) is 4.98 Å². The number of rotatable bonds is 6. The van der Waals surface area contributed by atoms with Crippen molar-refractivity contribution in [2.45, 2.75) is 0 Å². The lowest BCUT2D eigenvalue weighted by Crippen LogP contribution is -1.94. The molecule has 2 N–H and O–H groups in total. The van der Waals surface area contributed by atoms with Gasteiger partial charge in [0.05, 0.1) is 11.4 Å². The molecule has 0 radical (unpaired) electrons. The molecule has 0 spiro atoms. The van der Waals surface area contributed by atoms with Crippen LogP contribution >= 0.6 is 0 Å². The van der Waals surface area contributed by atoms with E-state index in [-0.39, 0.29) is 0 Å². The zero-order valence-corrected chi connectivity index (χ0v) is 23.7. The lowest BCUT2D eigenvalue weighted by atomic mass is 9.92. The summed E-state index contributed by atoms with van der Waals surface area (Å²) in [6, 6.07) is 49.8. The van der Waals surface area contributed by atoms with E-state index in [1.807, 2.05) is 14.1 Å². The third kappa shape index (κ3) is 4.76. The van der Waals surface area contributed by atoms with Crippen LogP contribution in [0, 0.1) is 0 Å². The molecule has 0 aliphatic heterocycles. The summed E-state index contributed by atoms with van der Waals surface area (Å²) in [7, 11) is 3.88. The highest BCUT2D eigenvalue weighted by molar-refractivity contribution is 6.13. The maximum atomic E-state index is 5.12. The van der Waals surface area contributed by atoms with Gasteiger partial charge in [-0.2, -0.15) is 0 Å². The Kier molecular flexibility index (Phi) is 6.61. The Morgan fingerprint density at radius 1 is 0.405 bits per heavy atom. The zero-order chi connectivity index (χ0) is 28.5. The number of fused-ring (bicyclic) bond motifs is 3. The normalized spacial score (nSPS) is 11.1. The topological polar surface area (TPSA) is 37.0 Å². The minimum absolute atomic E-state index is 0.944. The van der Waals surface area contributed by atoms with Gasteiger partial charge in [0.25, 0.3) is 0 Å². The largest absolute Gasteiger partial charge is 0.388 e. The minimum Gasteiger partial charge on any atom is -0.388 e. The smallest absolute Gasteiger partial charge is 0.0716 e. The van der Waals surface area contributed by atoms with E-state index in [4.69, 9.17) is 4.98 Å². The van der Waals surface area contributed by atoms with Crippen LogP contribution in [0.1, 0.15) is 0 Å². The number of nitrogens with one attached hydrogen (secondary N) is 2. The monoisotopic (exact) mass is 541 g/mol. The van der Waals surface area contributed by atoms with Crippen LogP contribution in [-0.2, 0) is 0 Å². The molecule has 0 aliphatic carbocycles. The Labute approximate surface area is 246 Å². The predicted molar refractivity (Wildman–Crippen MR) is 180 cm³/mol. The van der Waals surface area contributed by atoms with Crippen LogP contribution in [-0.4, -0.2) is 19.1 Å². The van der Waals surface area contributed by atoms with Gasteiger partial charge in [0.1, 0.15) is 0 Å². The fraction of sp³-hybridized carbons (Fsp3) is 0.0513. The van der Waals surface area contributed by atoms with E-state index in [0.29, 0.717) is 0 Å². The SMILES string of the molecule is CNc1cccc(-c2cc(-c3ccc(-c4cc5ccccc5c5ccccc45)cc3)cc(-c3cccc(NC)c3)n2)c1. The molecule has 3 nitrogen and oxygen atoms in total. The molecular weight excluding hydrogens is 510 g/mol. The lowest BCUT2D eigenvalue weighted by Gasteiger charge is -2.13. The van der Waals surface area contributed by atoms with Crippen molar-refractivity contribution >= 4 is 32.9 Å². The quantitative estimate of drug-likeness (QED) is 0.206. The van der Waals surface area contributed by atoms with E-state index in [0.717, 1.165) is 45.0 Å². The first-order valence-electron chi connectivity index (χ1n) is 14.3. The van der Waals surface area contributed by atoms with Crippen molar-refractivity contribution in [2.75, 3.05) is 24.7 Å². The molecule has 1 heterocycles. The highest BCUT2D eigenvalue weighted by atomic mass is 14.8. The van der Waals surface area contributed by atoms with E-state index in [9.17, 15) is 0 Å². The Morgan fingerprint density at radius 3 is 1.57 bits per heavy atom. The first-order chi connectivity index (χ1) is 20.7. The number of aromatic nitrogens is 1. The van der Waals surface area contributed by atoms with Crippen LogP contribution in [0.4, 0.5) is 11.4 Å². The fourth-order valence-corrected chi connectivity index (χ4v) is 5.80. The third-order valence-electron chi connectivity index (χ3n) is 8.02. The van der Waals surface area contributed by atoms with Crippen molar-refractivity contribution in [3.8, 4) is 44.8 Å². The number of hydrogen-bond acceptors (Lipinski definition) is 3. The highest BCUT2D eigenvalue weighted by Gasteiger charge is 2.12. The Hall–Kier alpha value is -5.41. The highest BCUT2D eigenvalue weighted by Crippen LogP contribution is 2.37. The summed E-state index contributed by atoms with van der Waals surface area (Å²) in [4.78, 5) is 5.12. The van der Waals surface area contributed by atoms with Crippen LogP contribution < -0.4 is 10.6 Å².